The molecule has 6 heteroatoms. The van der Waals surface area contributed by atoms with E-state index in [-0.39, 0.29) is 5.03 Å². The molecule has 0 saturated carbocycles. The Bertz CT molecular complexity index is 473. The summed E-state index contributed by atoms with van der Waals surface area (Å²) in [5, 5.41) is -0.00364. The first-order valence-electron chi connectivity index (χ1n) is 4.86. The fourth-order valence-electron chi connectivity index (χ4n) is 1.88. The van der Waals surface area contributed by atoms with E-state index in [9.17, 15) is 8.42 Å². The van der Waals surface area contributed by atoms with E-state index in [1.807, 2.05) is 0 Å². The zero-order valence-electron chi connectivity index (χ0n) is 8.11. The molecule has 1 aliphatic carbocycles. The molecule has 82 valence electrons. The van der Waals surface area contributed by atoms with Gasteiger partial charge in [-0.2, -0.15) is 0 Å². The first-order chi connectivity index (χ1) is 7.09. The van der Waals surface area contributed by atoms with Crippen LogP contribution in [0.1, 0.15) is 30.5 Å². The van der Waals surface area contributed by atoms with Gasteiger partial charge in [0.25, 0.3) is 9.05 Å². The summed E-state index contributed by atoms with van der Waals surface area (Å²) < 4.78 is 22.6. The van der Waals surface area contributed by atoms with Gasteiger partial charge in [0, 0.05) is 21.9 Å². The van der Waals surface area contributed by atoms with Gasteiger partial charge in [-0.25, -0.2) is 18.4 Å². The summed E-state index contributed by atoms with van der Waals surface area (Å²) in [6, 6.07) is 0. The second-order valence-corrected chi connectivity index (χ2v) is 6.08. The van der Waals surface area contributed by atoms with E-state index in [1.165, 1.54) is 6.33 Å². The van der Waals surface area contributed by atoms with Crippen LogP contribution in [0.2, 0.25) is 0 Å². The van der Waals surface area contributed by atoms with Gasteiger partial charge < -0.3 is 0 Å². The van der Waals surface area contributed by atoms with Gasteiger partial charge in [0.15, 0.2) is 5.03 Å². The molecule has 0 spiro atoms. The number of halogens is 1. The van der Waals surface area contributed by atoms with Gasteiger partial charge in [-0.05, 0) is 25.7 Å². The molecule has 0 unspecified atom stereocenters. The minimum atomic E-state index is -3.74. The molecule has 0 radical (unpaired) electrons. The molecule has 0 amide bonds. The van der Waals surface area contributed by atoms with Gasteiger partial charge in [0.1, 0.15) is 6.33 Å². The van der Waals surface area contributed by atoms with E-state index in [0.717, 1.165) is 31.4 Å². The summed E-state index contributed by atoms with van der Waals surface area (Å²) in [6.45, 7) is 0. The van der Waals surface area contributed by atoms with Crippen molar-refractivity contribution in [3.05, 3.63) is 17.6 Å². The average Bonchev–Trinajstić information content (AvgIpc) is 2.39. The van der Waals surface area contributed by atoms with Gasteiger partial charge in [-0.3, -0.25) is 0 Å². The molecule has 0 saturated heterocycles. The summed E-state index contributed by atoms with van der Waals surface area (Å²) in [5.41, 5.74) is 1.55. The van der Waals surface area contributed by atoms with Crippen LogP contribution in [0.15, 0.2) is 11.4 Å². The number of fused-ring (bicyclic) bond motifs is 1. The fraction of sp³-hybridized carbons (Fsp3) is 0.556. The molecule has 1 heterocycles. The molecular weight excluding hydrogens is 236 g/mol. The number of nitrogens with zero attached hydrogens (tertiary/aromatic N) is 2. The second-order valence-electron chi connectivity index (χ2n) is 3.60. The van der Waals surface area contributed by atoms with Crippen molar-refractivity contribution in [2.75, 3.05) is 0 Å². The quantitative estimate of drug-likeness (QED) is 0.430. The Balaban J connectivity index is 2.58. The molecule has 4 nitrogen and oxygen atoms in total. The molecule has 0 atom stereocenters. The third kappa shape index (κ3) is 2.29. The molecule has 1 aromatic heterocycles. The first-order valence-corrected chi connectivity index (χ1v) is 7.17. The third-order valence-corrected chi connectivity index (χ3v) is 3.82. The summed E-state index contributed by atoms with van der Waals surface area (Å²) in [5.74, 6) is 0. The highest BCUT2D eigenvalue weighted by Gasteiger charge is 2.22. The Morgan fingerprint density at radius 3 is 2.60 bits per heavy atom. The van der Waals surface area contributed by atoms with Crippen LogP contribution in [0.3, 0.4) is 0 Å². The van der Waals surface area contributed by atoms with Crippen molar-refractivity contribution >= 4 is 19.7 Å². The molecule has 0 bridgehead atoms. The average molecular weight is 247 g/mol. The molecule has 0 aliphatic heterocycles. The lowest BCUT2D eigenvalue weighted by atomic mass is 10.1. The number of hydrogen-bond donors (Lipinski definition) is 0. The maximum Gasteiger partial charge on any atom is 0.279 e. The summed E-state index contributed by atoms with van der Waals surface area (Å²) in [7, 11) is 1.59. The standard InChI is InChI=1S/C9H11ClN2O2S/c10-15(13,14)9-7-4-2-1-3-5-8(7)11-6-12-9/h6H,1-5H2. The molecule has 15 heavy (non-hydrogen) atoms. The SMILES string of the molecule is O=S(=O)(Cl)c1ncnc2c1CCCCC2. The Hall–Kier alpha value is -0.680. The monoisotopic (exact) mass is 246 g/mol. The van der Waals surface area contributed by atoms with Crippen LogP contribution >= 0.6 is 10.7 Å². The highest BCUT2D eigenvalue weighted by atomic mass is 35.7. The first kappa shape index (κ1) is 10.8. The summed E-state index contributed by atoms with van der Waals surface area (Å²) >= 11 is 0. The van der Waals surface area contributed by atoms with Gasteiger partial charge in [0.05, 0.1) is 0 Å². The minimum absolute atomic E-state index is 0.00364. The van der Waals surface area contributed by atoms with Crippen LogP contribution in [0.5, 0.6) is 0 Å². The summed E-state index contributed by atoms with van der Waals surface area (Å²) in [6.07, 6.45) is 5.91. The van der Waals surface area contributed by atoms with Gasteiger partial charge in [0.2, 0.25) is 0 Å². The van der Waals surface area contributed by atoms with Crippen LogP contribution in [-0.2, 0) is 21.9 Å². The van der Waals surface area contributed by atoms with Crippen LogP contribution in [0.25, 0.3) is 0 Å². The zero-order chi connectivity index (χ0) is 10.9. The van der Waals surface area contributed by atoms with Crippen LogP contribution < -0.4 is 0 Å². The number of rotatable bonds is 1. The topological polar surface area (TPSA) is 59.9 Å². The highest BCUT2D eigenvalue weighted by Crippen LogP contribution is 2.25. The van der Waals surface area contributed by atoms with Crippen molar-refractivity contribution in [3.8, 4) is 0 Å². The van der Waals surface area contributed by atoms with Crippen molar-refractivity contribution in [2.45, 2.75) is 37.1 Å². The summed E-state index contributed by atoms with van der Waals surface area (Å²) in [4.78, 5) is 7.89. The highest BCUT2D eigenvalue weighted by molar-refractivity contribution is 8.13. The van der Waals surface area contributed by atoms with Gasteiger partial charge >= 0.3 is 0 Å². The normalized spacial score (nSPS) is 16.9. The smallest absolute Gasteiger partial charge is 0.241 e. The predicted octanol–water partition coefficient (Wildman–Crippen LogP) is 1.67. The molecule has 1 aromatic rings. The van der Waals surface area contributed by atoms with Crippen molar-refractivity contribution in [1.29, 1.82) is 0 Å². The number of hydrogen-bond acceptors (Lipinski definition) is 4. The minimum Gasteiger partial charge on any atom is -0.241 e. The Morgan fingerprint density at radius 1 is 1.13 bits per heavy atom. The van der Waals surface area contributed by atoms with Crippen LogP contribution in [0.4, 0.5) is 0 Å². The van der Waals surface area contributed by atoms with E-state index in [2.05, 4.69) is 9.97 Å². The van der Waals surface area contributed by atoms with Crippen molar-refractivity contribution in [1.82, 2.24) is 9.97 Å². The van der Waals surface area contributed by atoms with Crippen molar-refractivity contribution in [3.63, 3.8) is 0 Å². The number of aryl methyl sites for hydroxylation is 1. The van der Waals surface area contributed by atoms with E-state index < -0.39 is 9.05 Å². The van der Waals surface area contributed by atoms with Gasteiger partial charge in [-0.1, -0.05) is 6.42 Å². The molecule has 0 fully saturated rings. The number of aromatic nitrogens is 2. The molecular formula is C9H11ClN2O2S. The van der Waals surface area contributed by atoms with Gasteiger partial charge in [-0.15, -0.1) is 0 Å². The third-order valence-electron chi connectivity index (χ3n) is 2.57. The van der Waals surface area contributed by atoms with E-state index >= 15 is 0 Å². The van der Waals surface area contributed by atoms with E-state index in [1.54, 1.807) is 0 Å². The van der Waals surface area contributed by atoms with Crippen molar-refractivity contribution in [2.24, 2.45) is 0 Å². The maximum absolute atomic E-state index is 11.3. The Kier molecular flexibility index (Phi) is 2.93. The molecule has 2 rings (SSSR count). The van der Waals surface area contributed by atoms with E-state index in [0.29, 0.717) is 12.0 Å². The van der Waals surface area contributed by atoms with E-state index in [4.69, 9.17) is 10.7 Å². The van der Waals surface area contributed by atoms with Crippen molar-refractivity contribution < 1.29 is 8.42 Å². The maximum atomic E-state index is 11.3. The molecule has 0 aromatic carbocycles. The Morgan fingerprint density at radius 2 is 1.87 bits per heavy atom. The molecule has 1 aliphatic rings. The lowest BCUT2D eigenvalue weighted by Gasteiger charge is -2.06. The zero-order valence-corrected chi connectivity index (χ0v) is 9.68. The lowest BCUT2D eigenvalue weighted by Crippen LogP contribution is -2.06. The van der Waals surface area contributed by atoms with Crippen LogP contribution in [0, 0.1) is 0 Å². The van der Waals surface area contributed by atoms with Crippen LogP contribution in [-0.4, -0.2) is 18.4 Å². The Labute approximate surface area is 93.1 Å². The largest absolute Gasteiger partial charge is 0.279 e. The second kappa shape index (κ2) is 4.06. The predicted molar refractivity (Wildman–Crippen MR) is 56.3 cm³/mol. The fourth-order valence-corrected chi connectivity index (χ4v) is 2.96. The molecule has 0 N–H and O–H groups in total. The lowest BCUT2D eigenvalue weighted by molar-refractivity contribution is 0.603.